The number of hydrogen-bond donors (Lipinski definition) is 0. The van der Waals surface area contributed by atoms with Gasteiger partial charge in [0.15, 0.2) is 0 Å². The van der Waals surface area contributed by atoms with Crippen molar-refractivity contribution < 1.29 is 0 Å². The number of aryl methyl sites for hydroxylation is 3. The second-order valence-electron chi connectivity index (χ2n) is 41.8. The van der Waals surface area contributed by atoms with Crippen molar-refractivity contribution in [2.24, 2.45) is 0 Å². The molecule has 0 N–H and O–H groups in total. The van der Waals surface area contributed by atoms with Crippen molar-refractivity contribution in [1.82, 2.24) is 42.4 Å². The Morgan fingerprint density at radius 2 is 0.543 bits per heavy atom. The minimum absolute atomic E-state index is 0.0363. The summed E-state index contributed by atoms with van der Waals surface area (Å²) in [5.41, 5.74) is 32.3. The van der Waals surface area contributed by atoms with Gasteiger partial charge in [0.25, 0.3) is 0 Å². The van der Waals surface area contributed by atoms with Gasteiger partial charge in [-0.05, 0) is 247 Å². The topological polar surface area (TPSA) is 140 Å². The molecule has 0 spiro atoms. The summed E-state index contributed by atoms with van der Waals surface area (Å²) in [6.45, 7) is 29.8. The lowest BCUT2D eigenvalue weighted by molar-refractivity contribution is 0.375. The van der Waals surface area contributed by atoms with Gasteiger partial charge in [0.05, 0.1) is 137 Å². The average molecular weight is 1810 g/mol. The van der Waals surface area contributed by atoms with Crippen LogP contribution in [0, 0.1) is 54.8 Å². The van der Waals surface area contributed by atoms with Crippen LogP contribution in [-0.2, 0) is 28.1 Å². The van der Waals surface area contributed by atoms with Crippen LogP contribution in [0.5, 0.6) is 0 Å². The van der Waals surface area contributed by atoms with Crippen molar-refractivity contribution in [3.63, 3.8) is 0 Å². The predicted molar refractivity (Wildman–Crippen MR) is 579 cm³/mol. The molecule has 0 amide bonds. The van der Waals surface area contributed by atoms with Gasteiger partial charge in [0.2, 0.25) is 0 Å². The number of nitrogens with zero attached hydrogens (tertiary/aromatic N) is 12. The van der Waals surface area contributed by atoms with E-state index in [1.54, 1.807) is 0 Å². The van der Waals surface area contributed by atoms with E-state index < -0.39 is 0 Å². The summed E-state index contributed by atoms with van der Waals surface area (Å²) in [7, 11) is 0. The van der Waals surface area contributed by atoms with Crippen LogP contribution in [0.25, 0.3) is 199 Å². The van der Waals surface area contributed by atoms with Crippen molar-refractivity contribution in [3.05, 3.63) is 413 Å². The van der Waals surface area contributed by atoms with Crippen molar-refractivity contribution in [2.75, 3.05) is 0 Å². The third kappa shape index (κ3) is 13.8. The lowest BCUT2D eigenvalue weighted by Gasteiger charge is -2.32. The minimum Gasteiger partial charge on any atom is -0.307 e. The highest BCUT2D eigenvalue weighted by atomic mass is 15.1. The maximum atomic E-state index is 11.2. The molecule has 674 valence electrons. The molecule has 0 aliphatic rings. The van der Waals surface area contributed by atoms with Crippen LogP contribution in [0.4, 0.5) is 0 Å². The highest BCUT2D eigenvalue weighted by Crippen LogP contribution is 2.50. The lowest BCUT2D eigenvalue weighted by atomic mass is 9.72. The Hall–Kier alpha value is -17.0. The van der Waals surface area contributed by atoms with Crippen LogP contribution in [0.1, 0.15) is 149 Å². The van der Waals surface area contributed by atoms with Gasteiger partial charge in [-0.15, -0.1) is 0 Å². The van der Waals surface area contributed by atoms with E-state index in [1.165, 1.54) is 66.1 Å². The molecule has 0 radical (unpaired) electrons. The molecular formula is C128H102N12. The second kappa shape index (κ2) is 32.4. The Bertz CT molecular complexity index is 9480. The summed E-state index contributed by atoms with van der Waals surface area (Å²) >= 11 is 0. The van der Waals surface area contributed by atoms with Gasteiger partial charge in [-0.1, -0.05) is 262 Å². The lowest BCUT2D eigenvalue weighted by Crippen LogP contribution is -2.24. The molecule has 12 heteroatoms. The fraction of sp³-hybridized carbons (Fsp3) is 0.156. The molecule has 0 aliphatic carbocycles. The van der Waals surface area contributed by atoms with Gasteiger partial charge in [-0.25, -0.2) is 15.0 Å². The van der Waals surface area contributed by atoms with Gasteiger partial charge in [-0.2, -0.15) is 15.8 Å². The van der Waals surface area contributed by atoms with E-state index in [4.69, 9.17) is 15.0 Å². The van der Waals surface area contributed by atoms with Crippen LogP contribution in [0.2, 0.25) is 0 Å². The van der Waals surface area contributed by atoms with Crippen LogP contribution in [0.15, 0.2) is 346 Å². The zero-order valence-corrected chi connectivity index (χ0v) is 80.9. The van der Waals surface area contributed by atoms with Gasteiger partial charge < -0.3 is 13.7 Å². The molecule has 0 aliphatic heterocycles. The van der Waals surface area contributed by atoms with E-state index in [2.05, 4.69) is 415 Å². The Balaban J connectivity index is 0.579. The Morgan fingerprint density at radius 3 is 0.964 bits per heavy atom. The molecular weight excluding hydrogens is 1710 g/mol. The van der Waals surface area contributed by atoms with E-state index in [1.807, 2.05) is 67.0 Å². The first-order valence-electron chi connectivity index (χ1n) is 48.5. The SMILES string of the molecule is Cc1ccc2c(c1)c1cc(Cc3cc4c5ccccc5n(-c5cnc(-n6c7ccccc7c7ccc(C(C)(C)CCC(C)(C)c8ccc9c(c8)c8ccccc8n9-c8cnc(-n9c%10ccccc%10c%10cc(C(C)(C)C)ccc%109)cc8-c8ccccc8C#N)cc76)cc5-c5ccccc5C#N)c4cc3C(C)(C)C)ccc1n2-c1cc(-c2ccccc2C#N)c(-n2c3ccc(C)cc3c3cc(C)ccc32)cn1. The number of rotatable bonds is 16. The first kappa shape index (κ1) is 85.9. The molecule has 0 saturated carbocycles. The molecule has 140 heavy (non-hydrogen) atoms. The normalized spacial score (nSPS) is 12.4. The fourth-order valence-electron chi connectivity index (χ4n) is 22.6. The van der Waals surface area contributed by atoms with Crippen molar-refractivity contribution in [3.8, 4) is 86.1 Å². The molecule has 12 nitrogen and oxygen atoms in total. The predicted octanol–water partition coefficient (Wildman–Crippen LogP) is 32.2. The summed E-state index contributed by atoms with van der Waals surface area (Å²) in [5, 5.41) is 46.7. The highest BCUT2D eigenvalue weighted by molar-refractivity contribution is 6.16. The Morgan fingerprint density at radius 1 is 0.243 bits per heavy atom. The van der Waals surface area contributed by atoms with Crippen LogP contribution in [0.3, 0.4) is 0 Å². The molecule has 0 atom stereocenters. The largest absolute Gasteiger partial charge is 0.307 e. The van der Waals surface area contributed by atoms with Gasteiger partial charge >= 0.3 is 0 Å². The standard InChI is InChI=1S/C128H102N12/c1-77-42-50-111-96(58-77)97-59-78(2)43-51-112(97)136(111)120-75-133-123(68-104(120)89-32-18-15-29-82(89)72-130)139-114-52-44-79(3)60-98(114)99-62-80(45-53-115(99)139)61-84-63-100-92-35-21-25-39-108(92)137(118(100)70-106(84)126(7,8)9)121-76-134-124(69-105(121)90-33-19-16-30-83(90)73-131)140-109-40-26-20-34-91(109)95-49-46-87(66-117(95)140)128(12,13)57-56-127(10,11)86-48-55-113-102(65-86)93-36-22-24-38-107(93)135(113)119-74-132-122(67-103(119)88-31-17-14-28-81(88)71-129)138-110-41-27-23-37-94(110)101-64-85(125(4,5)6)47-54-116(101)138/h14-55,58-60,62-70,74-76H,56-57,61H2,1-13H3. The molecule has 0 saturated heterocycles. The zero-order valence-electron chi connectivity index (χ0n) is 80.9. The molecule has 0 fully saturated rings. The smallest absolute Gasteiger partial charge is 0.138 e. The van der Waals surface area contributed by atoms with Crippen LogP contribution < -0.4 is 0 Å². The average Bonchev–Trinajstić information content (AvgIpc) is 1.57. The summed E-state index contributed by atoms with van der Waals surface area (Å²) in [6, 6.07) is 126. The van der Waals surface area contributed by atoms with E-state index >= 15 is 0 Å². The van der Waals surface area contributed by atoms with Gasteiger partial charge in [0, 0.05) is 98.0 Å². The molecule has 0 bridgehead atoms. The monoisotopic (exact) mass is 1810 g/mol. The van der Waals surface area contributed by atoms with E-state index in [0.717, 1.165) is 196 Å². The minimum atomic E-state index is -0.304. The van der Waals surface area contributed by atoms with E-state index in [-0.39, 0.29) is 21.7 Å². The first-order valence-corrected chi connectivity index (χ1v) is 48.5. The third-order valence-electron chi connectivity index (χ3n) is 30.0. The molecule has 15 aromatic carbocycles. The number of nitriles is 3. The number of pyridine rings is 3. The first-order chi connectivity index (χ1) is 67.8. The Labute approximate surface area is 813 Å². The molecule has 24 aromatic rings. The van der Waals surface area contributed by atoms with E-state index in [0.29, 0.717) is 23.1 Å². The molecule has 9 aromatic heterocycles. The maximum Gasteiger partial charge on any atom is 0.138 e. The quantitative estimate of drug-likeness (QED) is 0.0944. The molecule has 9 heterocycles. The van der Waals surface area contributed by atoms with Crippen molar-refractivity contribution in [2.45, 2.75) is 131 Å². The summed E-state index contributed by atoms with van der Waals surface area (Å²) in [5.74, 6) is 2.28. The maximum absolute atomic E-state index is 11.2. The number of hydrogen-bond acceptors (Lipinski definition) is 6. The van der Waals surface area contributed by atoms with Crippen molar-refractivity contribution >= 4 is 131 Å². The summed E-state index contributed by atoms with van der Waals surface area (Å²) in [6.07, 6.45) is 8.53. The second-order valence-corrected chi connectivity index (χ2v) is 41.8. The van der Waals surface area contributed by atoms with Crippen molar-refractivity contribution in [1.29, 1.82) is 15.8 Å². The zero-order chi connectivity index (χ0) is 95.8. The summed E-state index contributed by atoms with van der Waals surface area (Å²) < 4.78 is 14.0. The molecule has 0 unspecified atom stereocenters. The van der Waals surface area contributed by atoms with Crippen LogP contribution >= 0.6 is 0 Å². The third-order valence-corrected chi connectivity index (χ3v) is 30.0. The Kier molecular flexibility index (Phi) is 19.9. The van der Waals surface area contributed by atoms with Gasteiger partial charge in [0.1, 0.15) is 17.5 Å². The number of para-hydroxylation sites is 4. The van der Waals surface area contributed by atoms with Gasteiger partial charge in [-0.3, -0.25) is 13.7 Å². The number of benzene rings is 15. The fourth-order valence-corrected chi connectivity index (χ4v) is 22.6. The highest BCUT2D eigenvalue weighted by Gasteiger charge is 2.34. The molecule has 24 rings (SSSR count). The number of aromatic nitrogens is 9. The number of fused-ring (bicyclic) bond motifs is 18. The summed E-state index contributed by atoms with van der Waals surface area (Å²) in [4.78, 5) is 16.5. The van der Waals surface area contributed by atoms with E-state index in [9.17, 15) is 15.8 Å². The van der Waals surface area contributed by atoms with Crippen LogP contribution in [-0.4, -0.2) is 42.4 Å².